The summed E-state index contributed by atoms with van der Waals surface area (Å²) in [6, 6.07) is 7.82. The molecule has 2 atom stereocenters. The molecule has 1 aliphatic heterocycles. The van der Waals surface area contributed by atoms with E-state index < -0.39 is 0 Å². The highest BCUT2D eigenvalue weighted by molar-refractivity contribution is 7.98. The Morgan fingerprint density at radius 2 is 2.29 bits per heavy atom. The van der Waals surface area contributed by atoms with E-state index in [1.54, 1.807) is 0 Å². The standard InChI is InChI=1S/C16H21ClN2OS/c1-11(10-21-2)9-19-14(12-4-3-5-13(17)8-12)18-16(6-7-16)15(19)20/h3-5,8,11,14,18H,6-7,9-10H2,1-2H3. The molecule has 0 radical (unpaired) electrons. The predicted molar refractivity (Wildman–Crippen MR) is 88.6 cm³/mol. The zero-order chi connectivity index (χ0) is 15.0. The molecule has 2 fully saturated rings. The summed E-state index contributed by atoms with van der Waals surface area (Å²) < 4.78 is 0. The predicted octanol–water partition coefficient (Wildman–Crippen LogP) is 3.30. The SMILES string of the molecule is CSCC(C)CN1C(=O)C2(CC2)NC1c1cccc(Cl)c1. The third kappa shape index (κ3) is 2.94. The largest absolute Gasteiger partial charge is 0.321 e. The lowest BCUT2D eigenvalue weighted by molar-refractivity contribution is -0.131. The second-order valence-electron chi connectivity index (χ2n) is 6.20. The van der Waals surface area contributed by atoms with Crippen molar-refractivity contribution >= 4 is 29.3 Å². The fourth-order valence-electron chi connectivity index (χ4n) is 3.08. The van der Waals surface area contributed by atoms with Gasteiger partial charge in [0.2, 0.25) is 5.91 Å². The van der Waals surface area contributed by atoms with Crippen molar-refractivity contribution in [2.24, 2.45) is 5.92 Å². The molecule has 2 unspecified atom stereocenters. The number of benzene rings is 1. The highest BCUT2D eigenvalue weighted by Crippen LogP contribution is 2.46. The Morgan fingerprint density at radius 3 is 2.90 bits per heavy atom. The molecule has 1 aromatic carbocycles. The summed E-state index contributed by atoms with van der Waals surface area (Å²) in [5.41, 5.74) is 0.794. The fraction of sp³-hybridized carbons (Fsp3) is 0.562. The van der Waals surface area contributed by atoms with Crippen molar-refractivity contribution in [1.82, 2.24) is 10.2 Å². The van der Waals surface area contributed by atoms with Crippen molar-refractivity contribution in [1.29, 1.82) is 0 Å². The molecule has 0 aromatic heterocycles. The second-order valence-corrected chi connectivity index (χ2v) is 7.55. The third-order valence-electron chi connectivity index (χ3n) is 4.27. The first-order valence-electron chi connectivity index (χ1n) is 7.39. The molecule has 114 valence electrons. The molecule has 1 aliphatic carbocycles. The molecule has 0 bridgehead atoms. The number of nitrogens with zero attached hydrogens (tertiary/aromatic N) is 1. The molecule has 1 saturated carbocycles. The number of carbonyl (C=O) groups is 1. The molecule has 1 amide bonds. The Balaban J connectivity index is 1.84. The van der Waals surface area contributed by atoms with Crippen LogP contribution in [0.25, 0.3) is 0 Å². The van der Waals surface area contributed by atoms with Crippen LogP contribution in [0.15, 0.2) is 24.3 Å². The van der Waals surface area contributed by atoms with Crippen molar-refractivity contribution in [2.45, 2.75) is 31.5 Å². The number of thioether (sulfide) groups is 1. The minimum atomic E-state index is -0.286. The van der Waals surface area contributed by atoms with E-state index in [2.05, 4.69) is 18.5 Å². The summed E-state index contributed by atoms with van der Waals surface area (Å²) in [7, 11) is 0. The van der Waals surface area contributed by atoms with Crippen LogP contribution in [0.2, 0.25) is 5.02 Å². The van der Waals surface area contributed by atoms with Crippen LogP contribution < -0.4 is 5.32 Å². The van der Waals surface area contributed by atoms with Gasteiger partial charge in [-0.2, -0.15) is 11.8 Å². The number of hydrogen-bond donors (Lipinski definition) is 1. The number of halogens is 1. The summed E-state index contributed by atoms with van der Waals surface area (Å²) in [5, 5.41) is 4.26. The van der Waals surface area contributed by atoms with Gasteiger partial charge in [0.1, 0.15) is 11.7 Å². The first kappa shape index (κ1) is 15.2. The van der Waals surface area contributed by atoms with E-state index in [9.17, 15) is 4.79 Å². The summed E-state index contributed by atoms with van der Waals surface area (Å²) in [5.74, 6) is 1.82. The van der Waals surface area contributed by atoms with E-state index in [0.717, 1.165) is 35.7 Å². The Hall–Kier alpha value is -0.710. The van der Waals surface area contributed by atoms with Gasteiger partial charge in [0, 0.05) is 11.6 Å². The van der Waals surface area contributed by atoms with Gasteiger partial charge in [0.25, 0.3) is 0 Å². The van der Waals surface area contributed by atoms with Gasteiger partial charge in [0.15, 0.2) is 0 Å². The minimum Gasteiger partial charge on any atom is -0.321 e. The van der Waals surface area contributed by atoms with Crippen molar-refractivity contribution < 1.29 is 4.79 Å². The van der Waals surface area contributed by atoms with Crippen molar-refractivity contribution in [3.05, 3.63) is 34.9 Å². The van der Waals surface area contributed by atoms with E-state index in [4.69, 9.17) is 11.6 Å². The van der Waals surface area contributed by atoms with Gasteiger partial charge in [0.05, 0.1) is 0 Å². The van der Waals surface area contributed by atoms with Crippen LogP contribution in [-0.2, 0) is 4.79 Å². The number of rotatable bonds is 5. The molecule has 5 heteroatoms. The molecule has 3 nitrogen and oxygen atoms in total. The Morgan fingerprint density at radius 1 is 1.52 bits per heavy atom. The number of amides is 1. The van der Waals surface area contributed by atoms with E-state index in [-0.39, 0.29) is 17.6 Å². The Labute approximate surface area is 135 Å². The zero-order valence-electron chi connectivity index (χ0n) is 12.4. The van der Waals surface area contributed by atoms with E-state index in [0.29, 0.717) is 5.92 Å². The van der Waals surface area contributed by atoms with Gasteiger partial charge in [-0.15, -0.1) is 0 Å². The fourth-order valence-corrected chi connectivity index (χ4v) is 3.95. The second kappa shape index (κ2) is 5.82. The molecule has 1 N–H and O–H groups in total. The normalized spacial score (nSPS) is 24.6. The maximum absolute atomic E-state index is 12.7. The number of hydrogen-bond acceptors (Lipinski definition) is 3. The Bertz CT molecular complexity index is 547. The molecular formula is C16H21ClN2OS. The number of nitrogens with one attached hydrogen (secondary N) is 1. The molecule has 1 aromatic rings. The Kier molecular flexibility index (Phi) is 4.21. The topological polar surface area (TPSA) is 32.3 Å². The van der Waals surface area contributed by atoms with Gasteiger partial charge in [-0.05, 0) is 48.5 Å². The highest BCUT2D eigenvalue weighted by Gasteiger charge is 2.59. The van der Waals surface area contributed by atoms with E-state index in [1.165, 1.54) is 0 Å². The molecule has 1 spiro atoms. The molecule has 1 saturated heterocycles. The van der Waals surface area contributed by atoms with E-state index >= 15 is 0 Å². The van der Waals surface area contributed by atoms with Crippen molar-refractivity contribution in [2.75, 3.05) is 18.6 Å². The van der Waals surface area contributed by atoms with E-state index in [1.807, 2.05) is 40.9 Å². The van der Waals surface area contributed by atoms with Crippen LogP contribution in [0, 0.1) is 5.92 Å². The summed E-state index contributed by atoms with van der Waals surface area (Å²) in [6.45, 7) is 3.00. The molecular weight excluding hydrogens is 304 g/mol. The maximum Gasteiger partial charge on any atom is 0.244 e. The average molecular weight is 325 g/mol. The quantitative estimate of drug-likeness (QED) is 0.902. The van der Waals surface area contributed by atoms with Crippen LogP contribution in [0.1, 0.15) is 31.5 Å². The van der Waals surface area contributed by atoms with Gasteiger partial charge in [-0.1, -0.05) is 30.7 Å². The summed E-state index contributed by atoms with van der Waals surface area (Å²) in [6.07, 6.45) is 3.98. The maximum atomic E-state index is 12.7. The highest BCUT2D eigenvalue weighted by atomic mass is 35.5. The van der Waals surface area contributed by atoms with Crippen molar-refractivity contribution in [3.63, 3.8) is 0 Å². The molecule has 3 rings (SSSR count). The van der Waals surface area contributed by atoms with Gasteiger partial charge in [-0.3, -0.25) is 10.1 Å². The average Bonchev–Trinajstić information content (AvgIpc) is 3.18. The van der Waals surface area contributed by atoms with Crippen LogP contribution in [0.4, 0.5) is 0 Å². The van der Waals surface area contributed by atoms with Crippen molar-refractivity contribution in [3.8, 4) is 0 Å². The lowest BCUT2D eigenvalue weighted by Crippen LogP contribution is -2.35. The van der Waals surface area contributed by atoms with Crippen LogP contribution in [-0.4, -0.2) is 34.9 Å². The summed E-state index contributed by atoms with van der Waals surface area (Å²) >= 11 is 7.94. The monoisotopic (exact) mass is 324 g/mol. The first-order chi connectivity index (χ1) is 10.1. The van der Waals surface area contributed by atoms with Gasteiger partial charge >= 0.3 is 0 Å². The smallest absolute Gasteiger partial charge is 0.244 e. The molecule has 21 heavy (non-hydrogen) atoms. The lowest BCUT2D eigenvalue weighted by Gasteiger charge is -2.27. The zero-order valence-corrected chi connectivity index (χ0v) is 14.0. The number of carbonyl (C=O) groups excluding carboxylic acids is 1. The van der Waals surface area contributed by atoms with Gasteiger partial charge in [-0.25, -0.2) is 0 Å². The lowest BCUT2D eigenvalue weighted by atomic mass is 10.1. The van der Waals surface area contributed by atoms with Crippen LogP contribution >= 0.6 is 23.4 Å². The molecule has 1 heterocycles. The molecule has 2 aliphatic rings. The van der Waals surface area contributed by atoms with Crippen LogP contribution in [0.5, 0.6) is 0 Å². The minimum absolute atomic E-state index is 0.0389. The van der Waals surface area contributed by atoms with Crippen LogP contribution in [0.3, 0.4) is 0 Å². The third-order valence-corrected chi connectivity index (χ3v) is 5.41. The first-order valence-corrected chi connectivity index (χ1v) is 9.16. The summed E-state index contributed by atoms with van der Waals surface area (Å²) in [4.78, 5) is 14.7. The van der Waals surface area contributed by atoms with Gasteiger partial charge < -0.3 is 4.90 Å².